The molecule has 114 valence electrons. The summed E-state index contributed by atoms with van der Waals surface area (Å²) >= 11 is 0. The predicted octanol–water partition coefficient (Wildman–Crippen LogP) is 3.98. The fourth-order valence-corrected chi connectivity index (χ4v) is 3.32. The first-order valence-electron chi connectivity index (χ1n) is 7.42. The van der Waals surface area contributed by atoms with E-state index in [0.29, 0.717) is 25.0 Å². The van der Waals surface area contributed by atoms with Gasteiger partial charge in [0, 0.05) is 28.9 Å². The van der Waals surface area contributed by atoms with Gasteiger partial charge in [-0.15, -0.1) is 0 Å². The molecule has 0 saturated carbocycles. The van der Waals surface area contributed by atoms with E-state index in [9.17, 15) is 8.78 Å². The molecule has 2 unspecified atom stereocenters. The van der Waals surface area contributed by atoms with Gasteiger partial charge in [-0.1, -0.05) is 0 Å². The molecule has 3 aromatic rings. The Bertz CT molecular complexity index is 794. The third-order valence-electron chi connectivity index (χ3n) is 4.38. The highest BCUT2D eigenvalue weighted by atomic mass is 19.1. The highest BCUT2D eigenvalue weighted by Gasteiger charge is 2.31. The molecule has 2 aromatic heterocycles. The molecular weight excluding hydrogens is 286 g/mol. The van der Waals surface area contributed by atoms with Crippen LogP contribution in [0.25, 0.3) is 22.2 Å². The van der Waals surface area contributed by atoms with Crippen molar-refractivity contribution in [3.63, 3.8) is 0 Å². The monoisotopic (exact) mass is 302 g/mol. The average Bonchev–Trinajstić information content (AvgIpc) is 3.14. The van der Waals surface area contributed by atoms with Crippen molar-refractivity contribution in [1.29, 1.82) is 0 Å². The molecule has 0 bridgehead atoms. The van der Waals surface area contributed by atoms with Crippen LogP contribution in [-0.2, 0) is 0 Å². The molecule has 2 N–H and O–H groups in total. The predicted molar refractivity (Wildman–Crippen MR) is 81.1 cm³/mol. The van der Waals surface area contributed by atoms with Crippen LogP contribution in [-0.4, -0.2) is 24.2 Å². The van der Waals surface area contributed by atoms with Gasteiger partial charge in [0.1, 0.15) is 12.0 Å². The van der Waals surface area contributed by atoms with E-state index in [1.165, 1.54) is 12.1 Å². The van der Waals surface area contributed by atoms with Crippen LogP contribution in [0.1, 0.15) is 17.9 Å². The van der Waals surface area contributed by atoms with E-state index in [1.54, 1.807) is 18.6 Å². The zero-order chi connectivity index (χ0) is 15.1. The molecule has 1 aromatic carbocycles. The highest BCUT2D eigenvalue weighted by molar-refractivity contribution is 5.91. The lowest BCUT2D eigenvalue weighted by Gasteiger charge is -2.27. The van der Waals surface area contributed by atoms with Gasteiger partial charge < -0.3 is 14.7 Å². The van der Waals surface area contributed by atoms with Gasteiger partial charge >= 0.3 is 0 Å². The lowest BCUT2D eigenvalue weighted by molar-refractivity contribution is 0.229. The normalized spacial score (nSPS) is 22.3. The van der Waals surface area contributed by atoms with Crippen LogP contribution >= 0.6 is 0 Å². The van der Waals surface area contributed by atoms with Gasteiger partial charge in [-0.3, -0.25) is 0 Å². The van der Waals surface area contributed by atoms with Crippen molar-refractivity contribution in [2.24, 2.45) is 0 Å². The summed E-state index contributed by atoms with van der Waals surface area (Å²) in [6.45, 7) is 1.27. The Morgan fingerprint density at radius 1 is 1.23 bits per heavy atom. The van der Waals surface area contributed by atoms with E-state index in [-0.39, 0.29) is 11.7 Å². The van der Waals surface area contributed by atoms with E-state index >= 15 is 0 Å². The van der Waals surface area contributed by atoms with Crippen LogP contribution in [0, 0.1) is 5.82 Å². The minimum Gasteiger partial charge on any atom is -0.472 e. The molecule has 5 heteroatoms. The molecule has 0 amide bonds. The molecule has 1 saturated heterocycles. The number of nitrogens with one attached hydrogen (secondary N) is 2. The second kappa shape index (κ2) is 5.25. The molecule has 2 atom stereocenters. The second-order valence-electron chi connectivity index (χ2n) is 5.73. The summed E-state index contributed by atoms with van der Waals surface area (Å²) in [6, 6.07) is 6.42. The molecule has 1 fully saturated rings. The molecule has 22 heavy (non-hydrogen) atoms. The zero-order valence-electron chi connectivity index (χ0n) is 11.9. The summed E-state index contributed by atoms with van der Waals surface area (Å²) in [5.41, 5.74) is 3.25. The maximum Gasteiger partial charge on any atom is 0.125 e. The highest BCUT2D eigenvalue weighted by Crippen LogP contribution is 2.39. The van der Waals surface area contributed by atoms with Crippen LogP contribution in [0.5, 0.6) is 0 Å². The fourth-order valence-electron chi connectivity index (χ4n) is 3.32. The Hall–Kier alpha value is -2.14. The summed E-state index contributed by atoms with van der Waals surface area (Å²) in [4.78, 5) is 3.23. The van der Waals surface area contributed by atoms with Gasteiger partial charge in [0.15, 0.2) is 0 Å². The SMILES string of the molecule is Fc1ccc2c(C3CNCCC3F)c(-c3ccoc3)[nH]c2c1. The summed E-state index contributed by atoms with van der Waals surface area (Å²) in [5.74, 6) is -0.560. The van der Waals surface area contributed by atoms with E-state index in [1.807, 2.05) is 6.07 Å². The van der Waals surface area contributed by atoms with Crippen molar-refractivity contribution in [1.82, 2.24) is 10.3 Å². The number of alkyl halides is 1. The Labute approximate surface area is 126 Å². The molecule has 3 nitrogen and oxygen atoms in total. The number of fused-ring (bicyclic) bond motifs is 1. The van der Waals surface area contributed by atoms with Crippen molar-refractivity contribution >= 4 is 10.9 Å². The van der Waals surface area contributed by atoms with Crippen molar-refractivity contribution < 1.29 is 13.2 Å². The third kappa shape index (κ3) is 2.13. The summed E-state index contributed by atoms with van der Waals surface area (Å²) in [5, 5.41) is 4.12. The first kappa shape index (κ1) is 13.5. The number of benzene rings is 1. The minimum absolute atomic E-state index is 0.252. The van der Waals surface area contributed by atoms with Crippen molar-refractivity contribution in [3.05, 3.63) is 48.2 Å². The van der Waals surface area contributed by atoms with Gasteiger partial charge in [-0.05, 0) is 42.8 Å². The van der Waals surface area contributed by atoms with Gasteiger partial charge in [-0.2, -0.15) is 0 Å². The number of aromatic amines is 1. The van der Waals surface area contributed by atoms with E-state index in [0.717, 1.165) is 22.2 Å². The van der Waals surface area contributed by atoms with E-state index < -0.39 is 6.17 Å². The molecule has 3 heterocycles. The molecule has 0 radical (unpaired) electrons. The molecule has 1 aliphatic heterocycles. The smallest absolute Gasteiger partial charge is 0.125 e. The minimum atomic E-state index is -0.907. The standard InChI is InChI=1S/C17H16F2N2O/c18-11-1-2-12-15(7-11)21-17(10-4-6-22-9-10)16(12)13-8-20-5-3-14(13)19/h1-2,4,6-7,9,13-14,20-21H,3,5,8H2. The molecule has 1 aliphatic rings. The quantitative estimate of drug-likeness (QED) is 0.751. The number of rotatable bonds is 2. The number of hydrogen-bond acceptors (Lipinski definition) is 2. The lowest BCUT2D eigenvalue weighted by atomic mass is 9.87. The summed E-state index contributed by atoms with van der Waals surface area (Å²) in [7, 11) is 0. The maximum atomic E-state index is 14.5. The van der Waals surface area contributed by atoms with Crippen molar-refractivity contribution in [3.8, 4) is 11.3 Å². The Balaban J connectivity index is 1.95. The largest absolute Gasteiger partial charge is 0.472 e. The lowest BCUT2D eigenvalue weighted by Crippen LogP contribution is -2.36. The topological polar surface area (TPSA) is 41.0 Å². The third-order valence-corrected chi connectivity index (χ3v) is 4.38. The number of piperidine rings is 1. The molecular formula is C17H16F2N2O. The van der Waals surface area contributed by atoms with Crippen LogP contribution in [0.2, 0.25) is 0 Å². The van der Waals surface area contributed by atoms with Crippen molar-refractivity contribution in [2.45, 2.75) is 18.5 Å². The maximum absolute atomic E-state index is 14.5. The Morgan fingerprint density at radius 2 is 2.14 bits per heavy atom. The molecule has 0 aliphatic carbocycles. The second-order valence-corrected chi connectivity index (χ2v) is 5.73. The van der Waals surface area contributed by atoms with Gasteiger partial charge in [0.05, 0.1) is 18.2 Å². The van der Waals surface area contributed by atoms with Gasteiger partial charge in [0.25, 0.3) is 0 Å². The number of aromatic nitrogens is 1. The van der Waals surface area contributed by atoms with Crippen molar-refractivity contribution in [2.75, 3.05) is 13.1 Å². The van der Waals surface area contributed by atoms with Crippen LogP contribution in [0.3, 0.4) is 0 Å². The first-order chi connectivity index (χ1) is 10.7. The Kier molecular flexibility index (Phi) is 3.22. The molecule has 4 rings (SSSR count). The summed E-state index contributed by atoms with van der Waals surface area (Å²) in [6.07, 6.45) is 2.78. The van der Waals surface area contributed by atoms with Crippen LogP contribution < -0.4 is 5.32 Å². The fraction of sp³-hybridized carbons (Fsp3) is 0.294. The van der Waals surface area contributed by atoms with Crippen LogP contribution in [0.4, 0.5) is 8.78 Å². The average molecular weight is 302 g/mol. The van der Waals surface area contributed by atoms with Crippen LogP contribution in [0.15, 0.2) is 41.2 Å². The van der Waals surface area contributed by atoms with Gasteiger partial charge in [-0.25, -0.2) is 8.78 Å². The number of H-pyrrole nitrogens is 1. The number of furan rings is 1. The van der Waals surface area contributed by atoms with E-state index in [4.69, 9.17) is 4.42 Å². The zero-order valence-corrected chi connectivity index (χ0v) is 11.9. The summed E-state index contributed by atoms with van der Waals surface area (Å²) < 4.78 is 33.2. The number of halogens is 2. The van der Waals surface area contributed by atoms with Gasteiger partial charge in [0.2, 0.25) is 0 Å². The Morgan fingerprint density at radius 3 is 2.91 bits per heavy atom. The first-order valence-corrected chi connectivity index (χ1v) is 7.42. The number of hydrogen-bond donors (Lipinski definition) is 2. The molecule has 0 spiro atoms. The van der Waals surface area contributed by atoms with E-state index in [2.05, 4.69) is 10.3 Å².